The Labute approximate surface area is 245 Å². The number of anilines is 1. The number of hydrogen-bond acceptors (Lipinski definition) is 17. The van der Waals surface area contributed by atoms with Crippen LogP contribution in [-0.2, 0) is 39.2 Å². The van der Waals surface area contributed by atoms with E-state index in [2.05, 4.69) is 25.4 Å². The molecule has 0 saturated carbocycles. The highest BCUT2D eigenvalue weighted by molar-refractivity contribution is 8.08. The van der Waals surface area contributed by atoms with Crippen LogP contribution in [0.2, 0.25) is 0 Å². The number of aliphatic hydroxyl groups is 6. The molecule has 2 aliphatic heterocycles. The number of nitrogens with two attached hydrogens (primary N) is 1. The number of ether oxygens (including phenoxy) is 2. The van der Waals surface area contributed by atoms with Crippen LogP contribution in [0.4, 0.5) is 10.2 Å². The van der Waals surface area contributed by atoms with Crippen LogP contribution >= 0.6 is 25.9 Å². The lowest BCUT2D eigenvalue weighted by Crippen LogP contribution is -2.61. The highest BCUT2D eigenvalue weighted by Gasteiger charge is 2.57. The molecule has 236 valence electrons. The van der Waals surface area contributed by atoms with Crippen molar-refractivity contribution in [1.82, 2.24) is 9.97 Å². The van der Waals surface area contributed by atoms with E-state index in [9.17, 15) is 39.9 Å². The minimum Gasteiger partial charge on any atom is -0.394 e. The van der Waals surface area contributed by atoms with Gasteiger partial charge in [0, 0.05) is 5.56 Å². The van der Waals surface area contributed by atoms with Gasteiger partial charge >= 0.3 is 14.5 Å². The summed E-state index contributed by atoms with van der Waals surface area (Å²) in [5, 5.41) is 61.0. The van der Waals surface area contributed by atoms with Crippen molar-refractivity contribution in [3.63, 3.8) is 0 Å². The second-order valence-corrected chi connectivity index (χ2v) is 14.5. The highest BCUT2D eigenvalue weighted by atomic mass is 32.5. The number of alkyl halides is 1. The predicted molar refractivity (Wildman–Crippen MR) is 144 cm³/mol. The van der Waals surface area contributed by atoms with Crippen molar-refractivity contribution in [2.45, 2.75) is 60.8 Å². The molecule has 0 amide bonds. The van der Waals surface area contributed by atoms with E-state index in [-0.39, 0.29) is 16.9 Å². The van der Waals surface area contributed by atoms with Crippen LogP contribution in [0.3, 0.4) is 0 Å². The first-order chi connectivity index (χ1) is 19.5. The van der Waals surface area contributed by atoms with Gasteiger partial charge in [-0.2, -0.15) is 0 Å². The summed E-state index contributed by atoms with van der Waals surface area (Å²) in [4.78, 5) is 28.5. The van der Waals surface area contributed by atoms with Crippen LogP contribution in [0.25, 0.3) is 10.2 Å². The van der Waals surface area contributed by atoms with Gasteiger partial charge in [0.25, 0.3) is 0 Å². The van der Waals surface area contributed by atoms with E-state index in [0.29, 0.717) is 4.70 Å². The summed E-state index contributed by atoms with van der Waals surface area (Å²) in [6.07, 6.45) is -14.9. The van der Waals surface area contributed by atoms with Crippen LogP contribution in [0.1, 0.15) is 11.7 Å². The zero-order valence-corrected chi connectivity index (χ0v) is 24.6. The third-order valence-electron chi connectivity index (χ3n) is 6.54. The molecule has 2 aromatic rings. The minimum atomic E-state index is -5.49. The van der Waals surface area contributed by atoms with E-state index in [1.165, 1.54) is 5.38 Å². The molecule has 7 unspecified atom stereocenters. The normalized spacial score (nSPS) is 37.3. The first kappa shape index (κ1) is 33.8. The van der Waals surface area contributed by atoms with E-state index in [1.807, 2.05) is 0 Å². The molecular formula is C20H28FN3O14P2S2. The van der Waals surface area contributed by atoms with Gasteiger partial charge in [0.15, 0.2) is 12.0 Å². The van der Waals surface area contributed by atoms with Crippen molar-refractivity contribution in [2.75, 3.05) is 18.9 Å². The highest BCUT2D eigenvalue weighted by Crippen LogP contribution is 2.62. The Morgan fingerprint density at radius 3 is 2.57 bits per heavy atom. The van der Waals surface area contributed by atoms with Crippen LogP contribution in [0, 0.1) is 0 Å². The topological polar surface area (TPSA) is 277 Å². The fourth-order valence-corrected chi connectivity index (χ4v) is 8.43. The Kier molecular flexibility index (Phi) is 10.2. The minimum absolute atomic E-state index is 0.142. The second-order valence-electron chi connectivity index (χ2n) is 9.27. The van der Waals surface area contributed by atoms with Crippen molar-refractivity contribution in [3.8, 4) is 0 Å². The van der Waals surface area contributed by atoms with Gasteiger partial charge in [0.2, 0.25) is 0 Å². The number of phosphoric ester groups is 1. The summed E-state index contributed by atoms with van der Waals surface area (Å²) in [5.41, 5.74) is 3.73. The molecule has 17 nitrogen and oxygen atoms in total. The number of thiophene rings is 1. The Morgan fingerprint density at radius 2 is 1.93 bits per heavy atom. The molecule has 22 heteroatoms. The van der Waals surface area contributed by atoms with E-state index in [1.54, 1.807) is 0 Å². The third-order valence-corrected chi connectivity index (χ3v) is 11.1. The Balaban J connectivity index is 1.44. The van der Waals surface area contributed by atoms with Gasteiger partial charge in [-0.1, -0.05) is 6.58 Å². The number of phosphoric acid groups is 1. The molecule has 2 aromatic heterocycles. The number of fused-ring (bicyclic) bond motifs is 1. The van der Waals surface area contributed by atoms with Gasteiger partial charge in [-0.15, -0.1) is 11.3 Å². The van der Waals surface area contributed by atoms with Crippen LogP contribution < -0.4 is 5.73 Å². The first-order valence-corrected chi connectivity index (χ1v) is 16.8. The van der Waals surface area contributed by atoms with Gasteiger partial charge in [-0.25, -0.2) is 23.2 Å². The van der Waals surface area contributed by atoms with Gasteiger partial charge < -0.3 is 60.2 Å². The summed E-state index contributed by atoms with van der Waals surface area (Å²) in [6.45, 7) is -3.13. The maximum atomic E-state index is 16.0. The molecule has 0 aliphatic carbocycles. The SMILES string of the molecule is C=C[C@@]1(F)[C@H](O)[C@@H](COP(O)(=S)OP(=O)(O)OC2OC([C@@H](O)CO)C(O)C(O)C2O)O[C@H]1c1csc2c(N)ncnc12. The molecule has 4 rings (SSSR count). The van der Waals surface area contributed by atoms with Gasteiger partial charge in [0.05, 0.1) is 23.4 Å². The fraction of sp³-hybridized carbons (Fsp3) is 0.600. The average molecular weight is 680 g/mol. The standard InChI is InChI=1S/C20H28FN3O14P2S2/c1-2-20(21)16(30)9(35-17(20)7-5-42-15-10(7)23-6-24-18(15)22)4-34-40(33,41)38-39(31,32)37-19-13(29)11(27)12(28)14(36-19)8(26)3-25/h2,5-6,8-9,11-14,16-17,19,25-30H,1,3-4H2,(H,31,32)(H,33,41)(H2,22,23,24)/t8-,9+,11?,12?,13?,14?,16+,17-,19?,20+,40?/m0/s1. The number of aromatic nitrogens is 2. The number of nitrogens with zero attached hydrogens (tertiary/aromatic N) is 2. The maximum Gasteiger partial charge on any atom is 0.481 e. The monoisotopic (exact) mass is 679 g/mol. The summed E-state index contributed by atoms with van der Waals surface area (Å²) in [6, 6.07) is 0. The van der Waals surface area contributed by atoms with E-state index in [0.717, 1.165) is 23.7 Å². The van der Waals surface area contributed by atoms with E-state index in [4.69, 9.17) is 36.6 Å². The Morgan fingerprint density at radius 1 is 1.24 bits per heavy atom. The largest absolute Gasteiger partial charge is 0.481 e. The maximum absolute atomic E-state index is 16.0. The van der Waals surface area contributed by atoms with Gasteiger partial charge in [-0.3, -0.25) is 4.52 Å². The lowest BCUT2D eigenvalue weighted by molar-refractivity contribution is -0.292. The smallest absolute Gasteiger partial charge is 0.394 e. The number of aliphatic hydroxyl groups excluding tert-OH is 6. The molecule has 0 aromatic carbocycles. The molecule has 2 aliphatic rings. The zero-order chi connectivity index (χ0) is 31.2. The molecule has 42 heavy (non-hydrogen) atoms. The third kappa shape index (κ3) is 6.60. The summed E-state index contributed by atoms with van der Waals surface area (Å²) < 4.78 is 53.8. The quantitative estimate of drug-likeness (QED) is 0.0965. The molecule has 12 atom stereocenters. The van der Waals surface area contributed by atoms with Crippen molar-refractivity contribution < 1.29 is 72.2 Å². The molecule has 0 bridgehead atoms. The number of halogens is 1. The van der Waals surface area contributed by atoms with Crippen LogP contribution in [0.15, 0.2) is 24.4 Å². The average Bonchev–Trinajstić information content (AvgIpc) is 3.46. The van der Waals surface area contributed by atoms with Crippen molar-refractivity contribution in [2.24, 2.45) is 0 Å². The molecule has 0 radical (unpaired) electrons. The Hall–Kier alpha value is -1.13. The van der Waals surface area contributed by atoms with Crippen LogP contribution in [0.5, 0.6) is 0 Å². The van der Waals surface area contributed by atoms with Gasteiger partial charge in [0.1, 0.15) is 61.0 Å². The molecule has 4 heterocycles. The predicted octanol–water partition coefficient (Wildman–Crippen LogP) is -1.50. The van der Waals surface area contributed by atoms with Crippen molar-refractivity contribution in [3.05, 3.63) is 29.9 Å². The molecular weight excluding hydrogens is 651 g/mol. The summed E-state index contributed by atoms with van der Waals surface area (Å²) >= 11 is 5.83. The van der Waals surface area contributed by atoms with E-state index >= 15 is 4.39 Å². The lowest BCUT2D eigenvalue weighted by atomic mass is 9.89. The summed E-state index contributed by atoms with van der Waals surface area (Å²) in [5.74, 6) is 0.142. The second kappa shape index (κ2) is 12.7. The Bertz CT molecular complexity index is 1390. The molecule has 0 spiro atoms. The first-order valence-electron chi connectivity index (χ1n) is 11.9. The van der Waals surface area contributed by atoms with E-state index < -0.39 is 88.5 Å². The van der Waals surface area contributed by atoms with Gasteiger partial charge in [-0.05, 0) is 23.3 Å². The van der Waals surface area contributed by atoms with Crippen molar-refractivity contribution >= 4 is 53.7 Å². The summed E-state index contributed by atoms with van der Waals surface area (Å²) in [7, 11) is -5.49. The zero-order valence-electron chi connectivity index (χ0n) is 21.1. The van der Waals surface area contributed by atoms with Crippen molar-refractivity contribution in [1.29, 1.82) is 0 Å². The molecule has 2 saturated heterocycles. The number of rotatable bonds is 11. The number of hydrogen-bond donors (Lipinski definition) is 9. The number of nitrogen functional groups attached to an aromatic ring is 1. The lowest BCUT2D eigenvalue weighted by Gasteiger charge is -2.41. The molecule has 2 fully saturated rings. The fourth-order valence-electron chi connectivity index (χ4n) is 4.39. The van der Waals surface area contributed by atoms with Crippen LogP contribution in [-0.4, -0.2) is 118 Å². The molecule has 10 N–H and O–H groups in total.